The zero-order chi connectivity index (χ0) is 16.7. The molecule has 1 aromatic carbocycles. The summed E-state index contributed by atoms with van der Waals surface area (Å²) >= 11 is 1.50. The van der Waals surface area contributed by atoms with Crippen LogP contribution in [0, 0.1) is 25.7 Å². The molecule has 2 fully saturated rings. The lowest BCUT2D eigenvalue weighted by atomic mass is 9.53. The first-order chi connectivity index (χ1) is 11.6. The van der Waals surface area contributed by atoms with Gasteiger partial charge in [0.25, 0.3) is 5.91 Å². The summed E-state index contributed by atoms with van der Waals surface area (Å²) in [5.74, 6) is 1.90. The zero-order valence-corrected chi connectivity index (χ0v) is 15.1. The van der Waals surface area contributed by atoms with Crippen molar-refractivity contribution in [3.63, 3.8) is 0 Å². The van der Waals surface area contributed by atoms with E-state index in [1.165, 1.54) is 42.6 Å². The summed E-state index contributed by atoms with van der Waals surface area (Å²) in [7, 11) is 0. The van der Waals surface area contributed by atoms with Crippen LogP contribution >= 0.6 is 11.3 Å². The number of rotatable bonds is 3. The number of benzene rings is 1. The van der Waals surface area contributed by atoms with Gasteiger partial charge in [0.05, 0.1) is 10.7 Å². The van der Waals surface area contributed by atoms with E-state index in [9.17, 15) is 4.79 Å². The molecule has 2 saturated carbocycles. The average Bonchev–Trinajstić information content (AvgIpc) is 2.92. The Morgan fingerprint density at radius 2 is 1.83 bits per heavy atom. The zero-order valence-electron chi connectivity index (χ0n) is 14.3. The summed E-state index contributed by atoms with van der Waals surface area (Å²) in [5, 5.41) is 4.33. The fourth-order valence-corrected chi connectivity index (χ4v) is 5.58. The third-order valence-electron chi connectivity index (χ3n) is 5.78. The van der Waals surface area contributed by atoms with E-state index in [1.807, 2.05) is 13.8 Å². The number of thiazole rings is 1. The predicted octanol–water partition coefficient (Wildman–Crippen LogP) is 4.46. The molecule has 2 aliphatic rings. The molecule has 0 bridgehead atoms. The molecular formula is C20H24N2OS. The highest BCUT2D eigenvalue weighted by Gasteiger charge is 2.51. The van der Waals surface area contributed by atoms with E-state index in [0.717, 1.165) is 21.5 Å². The van der Waals surface area contributed by atoms with Gasteiger partial charge in [0, 0.05) is 12.0 Å². The highest BCUT2D eigenvalue weighted by molar-refractivity contribution is 7.13. The Kier molecular flexibility index (Phi) is 4.17. The molecule has 2 aliphatic carbocycles. The van der Waals surface area contributed by atoms with Gasteiger partial charge in [0.1, 0.15) is 4.88 Å². The van der Waals surface area contributed by atoms with Crippen LogP contribution in [0.4, 0.5) is 0 Å². The third kappa shape index (κ3) is 2.67. The first-order valence-corrected chi connectivity index (χ1v) is 9.76. The molecule has 0 radical (unpaired) electrons. The molecule has 4 rings (SSSR count). The largest absolute Gasteiger partial charge is 0.348 e. The predicted molar refractivity (Wildman–Crippen MR) is 97.5 cm³/mol. The van der Waals surface area contributed by atoms with Crippen molar-refractivity contribution in [2.24, 2.45) is 11.8 Å². The van der Waals surface area contributed by atoms with Crippen LogP contribution in [-0.4, -0.2) is 16.9 Å². The van der Waals surface area contributed by atoms with Gasteiger partial charge < -0.3 is 5.32 Å². The van der Waals surface area contributed by atoms with Crippen molar-refractivity contribution in [1.82, 2.24) is 10.3 Å². The minimum Gasteiger partial charge on any atom is -0.348 e. The summed E-state index contributed by atoms with van der Waals surface area (Å²) in [6.45, 7) is 3.89. The molecule has 0 aliphatic heterocycles. The van der Waals surface area contributed by atoms with Crippen molar-refractivity contribution in [3.05, 3.63) is 51.5 Å². The number of aryl methyl sites for hydroxylation is 2. The summed E-state index contributed by atoms with van der Waals surface area (Å²) < 4.78 is 0. The molecular weight excluding hydrogens is 316 g/mol. The van der Waals surface area contributed by atoms with Crippen LogP contribution < -0.4 is 5.32 Å². The van der Waals surface area contributed by atoms with Crippen molar-refractivity contribution in [2.75, 3.05) is 0 Å². The van der Waals surface area contributed by atoms with Gasteiger partial charge in [-0.05, 0) is 44.1 Å². The Bertz CT molecular complexity index is 739. The molecule has 1 aromatic heterocycles. The Hall–Kier alpha value is -1.68. The Morgan fingerprint density at radius 1 is 1.12 bits per heavy atom. The van der Waals surface area contributed by atoms with Crippen molar-refractivity contribution in [3.8, 4) is 0 Å². The van der Waals surface area contributed by atoms with Crippen LogP contribution in [0.25, 0.3) is 0 Å². The van der Waals surface area contributed by atoms with Gasteiger partial charge >= 0.3 is 0 Å². The van der Waals surface area contributed by atoms with E-state index in [-0.39, 0.29) is 11.9 Å². The molecule has 0 spiro atoms. The van der Waals surface area contributed by atoms with Gasteiger partial charge in [0.15, 0.2) is 0 Å². The lowest BCUT2D eigenvalue weighted by molar-refractivity contribution is 0.0253. The average molecular weight is 340 g/mol. The van der Waals surface area contributed by atoms with E-state index >= 15 is 0 Å². The number of hydrogen-bond donors (Lipinski definition) is 1. The van der Waals surface area contributed by atoms with Gasteiger partial charge in [0.2, 0.25) is 0 Å². The Morgan fingerprint density at radius 3 is 2.50 bits per heavy atom. The normalized spacial score (nSPS) is 28.8. The molecule has 2 aromatic rings. The fourth-order valence-electron chi connectivity index (χ4n) is 4.75. The number of carbonyl (C=O) groups is 1. The maximum Gasteiger partial charge on any atom is 0.263 e. The minimum atomic E-state index is 0.0630. The molecule has 1 amide bonds. The smallest absolute Gasteiger partial charge is 0.263 e. The maximum atomic E-state index is 12.8. The lowest BCUT2D eigenvalue weighted by Gasteiger charge is -2.55. The molecule has 1 N–H and O–H groups in total. The monoisotopic (exact) mass is 340 g/mol. The number of nitrogens with one attached hydrogen (secondary N) is 1. The molecule has 126 valence electrons. The van der Waals surface area contributed by atoms with Crippen LogP contribution in [0.5, 0.6) is 0 Å². The van der Waals surface area contributed by atoms with Gasteiger partial charge in [-0.3, -0.25) is 4.79 Å². The number of aromatic nitrogens is 1. The highest BCUT2D eigenvalue weighted by Crippen LogP contribution is 2.54. The molecule has 24 heavy (non-hydrogen) atoms. The quantitative estimate of drug-likeness (QED) is 0.896. The number of amides is 1. The standard InChI is InChI=1S/C20H24N2OS/c1-12-19(24-13(2)21-12)20(23)22-18-16-11-7-6-10-15(16)17(18)14-8-4-3-5-9-14/h3-5,8-9,15-18H,6-7,10-11H2,1-2H3,(H,22,23)/t15-,16+,17-,18-/m0/s1. The fraction of sp³-hybridized carbons (Fsp3) is 0.500. The third-order valence-corrected chi connectivity index (χ3v) is 6.85. The minimum absolute atomic E-state index is 0.0630. The van der Waals surface area contributed by atoms with Crippen LogP contribution in [0.3, 0.4) is 0 Å². The van der Waals surface area contributed by atoms with Crippen LogP contribution in [0.2, 0.25) is 0 Å². The summed E-state index contributed by atoms with van der Waals surface area (Å²) in [4.78, 5) is 18.0. The molecule has 0 saturated heterocycles. The first kappa shape index (κ1) is 15.8. The second kappa shape index (κ2) is 6.32. The van der Waals surface area contributed by atoms with Crippen LogP contribution in [0.15, 0.2) is 30.3 Å². The lowest BCUT2D eigenvalue weighted by Crippen LogP contribution is -2.59. The van der Waals surface area contributed by atoms with Crippen molar-refractivity contribution in [1.29, 1.82) is 0 Å². The highest BCUT2D eigenvalue weighted by atomic mass is 32.1. The number of carbonyl (C=O) groups excluding carboxylic acids is 1. The topological polar surface area (TPSA) is 42.0 Å². The Labute approximate surface area is 147 Å². The van der Waals surface area contributed by atoms with Gasteiger partial charge in [-0.1, -0.05) is 43.2 Å². The van der Waals surface area contributed by atoms with E-state index in [2.05, 4.69) is 40.6 Å². The second-order valence-electron chi connectivity index (χ2n) is 7.20. The Balaban J connectivity index is 1.57. The molecule has 4 atom stereocenters. The van der Waals surface area contributed by atoms with Gasteiger partial charge in [-0.25, -0.2) is 4.98 Å². The van der Waals surface area contributed by atoms with Crippen LogP contribution in [0.1, 0.15) is 57.5 Å². The number of hydrogen-bond acceptors (Lipinski definition) is 3. The molecule has 3 nitrogen and oxygen atoms in total. The summed E-state index contributed by atoms with van der Waals surface area (Å²) in [6, 6.07) is 11.0. The van der Waals surface area contributed by atoms with Gasteiger partial charge in [-0.2, -0.15) is 0 Å². The molecule has 1 heterocycles. The van der Waals surface area contributed by atoms with Crippen molar-refractivity contribution >= 4 is 17.2 Å². The maximum absolute atomic E-state index is 12.8. The summed E-state index contributed by atoms with van der Waals surface area (Å²) in [6.07, 6.45) is 5.18. The van der Waals surface area contributed by atoms with Gasteiger partial charge in [-0.15, -0.1) is 11.3 Å². The summed E-state index contributed by atoms with van der Waals surface area (Å²) in [5.41, 5.74) is 2.23. The van der Waals surface area contributed by atoms with E-state index < -0.39 is 0 Å². The van der Waals surface area contributed by atoms with E-state index in [0.29, 0.717) is 11.8 Å². The van der Waals surface area contributed by atoms with E-state index in [4.69, 9.17) is 0 Å². The van der Waals surface area contributed by atoms with Crippen molar-refractivity contribution < 1.29 is 4.79 Å². The molecule has 0 unspecified atom stereocenters. The first-order valence-electron chi connectivity index (χ1n) is 8.95. The van der Waals surface area contributed by atoms with E-state index in [1.54, 1.807) is 0 Å². The second-order valence-corrected chi connectivity index (χ2v) is 8.40. The number of fused-ring (bicyclic) bond motifs is 1. The van der Waals surface area contributed by atoms with Crippen LogP contribution in [-0.2, 0) is 0 Å². The molecule has 4 heteroatoms. The van der Waals surface area contributed by atoms with Crippen molar-refractivity contribution in [2.45, 2.75) is 51.5 Å². The number of nitrogens with zero attached hydrogens (tertiary/aromatic N) is 1. The SMILES string of the molecule is Cc1nc(C)c(C(=O)N[C@H]2[C@@H]3CCCC[C@@H]3[C@@H]2c2ccccc2)s1.